The Balaban J connectivity index is 1.88. The van der Waals surface area contributed by atoms with Crippen LogP contribution in [0.15, 0.2) is 18.6 Å². The minimum absolute atomic E-state index is 0.0516. The van der Waals surface area contributed by atoms with E-state index in [1.165, 1.54) is 18.6 Å². The Morgan fingerprint density at radius 2 is 1.81 bits per heavy atom. The minimum Gasteiger partial charge on any atom is -0.345 e. The lowest BCUT2D eigenvalue weighted by Gasteiger charge is -2.33. The summed E-state index contributed by atoms with van der Waals surface area (Å²) in [4.78, 5) is 51.0. The van der Waals surface area contributed by atoms with Crippen molar-refractivity contribution in [3.8, 4) is 0 Å². The number of carbonyl (C=O) groups excluding carboxylic acids is 3. The molecule has 3 rings (SSSR count). The van der Waals surface area contributed by atoms with Crippen LogP contribution in [-0.2, 0) is 9.59 Å². The molecular weight excluding hydrogens is 334 g/mol. The molecule has 0 radical (unpaired) electrons. The standard InChI is InChI=1S/C18H25N5O3/c1-13(2)16(25)22-6-7-23(17(26)14-9-19-4-5-20-14)12-18(11-22)8-15(24)21(3)10-18/h4-5,9,13H,6-8,10-12H2,1-3H3. The van der Waals surface area contributed by atoms with Gasteiger partial charge in [0, 0.05) is 69.9 Å². The molecule has 1 spiro atoms. The van der Waals surface area contributed by atoms with Crippen LogP contribution >= 0.6 is 0 Å². The maximum Gasteiger partial charge on any atom is 0.274 e. The first-order valence-electron chi connectivity index (χ1n) is 8.89. The van der Waals surface area contributed by atoms with E-state index in [0.717, 1.165) is 0 Å². The molecule has 1 aromatic rings. The monoisotopic (exact) mass is 359 g/mol. The van der Waals surface area contributed by atoms with Gasteiger partial charge in [-0.25, -0.2) is 4.98 Å². The first-order chi connectivity index (χ1) is 12.3. The summed E-state index contributed by atoms with van der Waals surface area (Å²) in [5.41, 5.74) is -0.158. The van der Waals surface area contributed by atoms with Crippen LogP contribution in [0.5, 0.6) is 0 Å². The van der Waals surface area contributed by atoms with Crippen LogP contribution in [0.3, 0.4) is 0 Å². The van der Waals surface area contributed by atoms with Crippen molar-refractivity contribution in [3.05, 3.63) is 24.3 Å². The molecule has 3 amide bonds. The summed E-state index contributed by atoms with van der Waals surface area (Å²) >= 11 is 0. The Morgan fingerprint density at radius 3 is 2.38 bits per heavy atom. The van der Waals surface area contributed by atoms with Gasteiger partial charge < -0.3 is 14.7 Å². The predicted molar refractivity (Wildman–Crippen MR) is 94.0 cm³/mol. The highest BCUT2D eigenvalue weighted by Gasteiger charge is 2.47. The molecule has 0 bridgehead atoms. The van der Waals surface area contributed by atoms with E-state index in [1.54, 1.807) is 21.7 Å². The molecule has 8 nitrogen and oxygen atoms in total. The third-order valence-electron chi connectivity index (χ3n) is 5.09. The highest BCUT2D eigenvalue weighted by Crippen LogP contribution is 2.35. The number of nitrogens with zero attached hydrogens (tertiary/aromatic N) is 5. The highest BCUT2D eigenvalue weighted by molar-refractivity contribution is 5.92. The summed E-state index contributed by atoms with van der Waals surface area (Å²) in [5.74, 6) is -0.224. The van der Waals surface area contributed by atoms with Gasteiger partial charge in [-0.3, -0.25) is 19.4 Å². The molecule has 2 aliphatic heterocycles. The van der Waals surface area contributed by atoms with Crippen LogP contribution in [0.1, 0.15) is 30.8 Å². The number of hydrogen-bond donors (Lipinski definition) is 0. The molecule has 2 saturated heterocycles. The van der Waals surface area contributed by atoms with E-state index >= 15 is 0 Å². The number of rotatable bonds is 2. The van der Waals surface area contributed by atoms with Crippen LogP contribution in [0, 0.1) is 11.3 Å². The van der Waals surface area contributed by atoms with Crippen molar-refractivity contribution in [1.29, 1.82) is 0 Å². The van der Waals surface area contributed by atoms with Gasteiger partial charge in [-0.2, -0.15) is 0 Å². The molecule has 3 heterocycles. The van der Waals surface area contributed by atoms with Gasteiger partial charge in [-0.05, 0) is 0 Å². The van der Waals surface area contributed by atoms with Gasteiger partial charge in [0.1, 0.15) is 5.69 Å². The fourth-order valence-corrected chi connectivity index (χ4v) is 3.87. The van der Waals surface area contributed by atoms with Gasteiger partial charge in [-0.15, -0.1) is 0 Å². The molecule has 0 N–H and O–H groups in total. The molecule has 2 fully saturated rings. The molecule has 2 aliphatic rings. The van der Waals surface area contributed by atoms with Crippen molar-refractivity contribution in [1.82, 2.24) is 24.7 Å². The Bertz CT molecular complexity index is 708. The first kappa shape index (κ1) is 18.3. The topological polar surface area (TPSA) is 86.7 Å². The van der Waals surface area contributed by atoms with Gasteiger partial charge in [0.15, 0.2) is 0 Å². The molecule has 1 unspecified atom stereocenters. The van der Waals surface area contributed by atoms with Crippen LogP contribution in [0.2, 0.25) is 0 Å². The van der Waals surface area contributed by atoms with Crippen LogP contribution < -0.4 is 0 Å². The van der Waals surface area contributed by atoms with Gasteiger partial charge in [0.05, 0.1) is 6.20 Å². The Morgan fingerprint density at radius 1 is 1.12 bits per heavy atom. The van der Waals surface area contributed by atoms with Gasteiger partial charge in [-0.1, -0.05) is 13.8 Å². The van der Waals surface area contributed by atoms with E-state index in [1.807, 2.05) is 13.8 Å². The minimum atomic E-state index is -0.440. The van der Waals surface area contributed by atoms with Gasteiger partial charge in [0.2, 0.25) is 11.8 Å². The van der Waals surface area contributed by atoms with Crippen molar-refractivity contribution in [2.75, 3.05) is 39.8 Å². The second kappa shape index (κ2) is 7.01. The summed E-state index contributed by atoms with van der Waals surface area (Å²) in [6.07, 6.45) is 4.80. The lowest BCUT2D eigenvalue weighted by Crippen LogP contribution is -2.46. The normalized spacial score (nSPS) is 23.7. The van der Waals surface area contributed by atoms with Gasteiger partial charge >= 0.3 is 0 Å². The van der Waals surface area contributed by atoms with E-state index in [0.29, 0.717) is 39.1 Å². The second-order valence-electron chi connectivity index (χ2n) is 7.66. The Hall–Kier alpha value is -2.51. The molecule has 0 aliphatic carbocycles. The van der Waals surface area contributed by atoms with E-state index in [4.69, 9.17) is 0 Å². The van der Waals surface area contributed by atoms with Crippen LogP contribution in [-0.4, -0.2) is 82.2 Å². The molecule has 140 valence electrons. The third kappa shape index (κ3) is 3.54. The summed E-state index contributed by atoms with van der Waals surface area (Å²) in [6.45, 7) is 6.08. The summed E-state index contributed by atoms with van der Waals surface area (Å²) in [6, 6.07) is 0. The lowest BCUT2D eigenvalue weighted by molar-refractivity contribution is -0.135. The number of hydrogen-bond acceptors (Lipinski definition) is 5. The molecule has 0 saturated carbocycles. The zero-order valence-electron chi connectivity index (χ0n) is 15.5. The SMILES string of the molecule is CC(C)C(=O)N1CCN(C(=O)c2cnccn2)CC2(CC(=O)N(C)C2)C1. The van der Waals surface area contributed by atoms with Crippen molar-refractivity contribution >= 4 is 17.7 Å². The highest BCUT2D eigenvalue weighted by atomic mass is 16.2. The summed E-state index contributed by atoms with van der Waals surface area (Å²) in [5, 5.41) is 0. The van der Waals surface area contributed by atoms with Crippen molar-refractivity contribution in [2.45, 2.75) is 20.3 Å². The number of carbonyl (C=O) groups is 3. The van der Waals surface area contributed by atoms with Crippen molar-refractivity contribution < 1.29 is 14.4 Å². The molecule has 0 aromatic carbocycles. The zero-order valence-corrected chi connectivity index (χ0v) is 15.5. The molecule has 26 heavy (non-hydrogen) atoms. The average molecular weight is 359 g/mol. The number of amides is 3. The maximum atomic E-state index is 12.9. The smallest absolute Gasteiger partial charge is 0.274 e. The van der Waals surface area contributed by atoms with Crippen molar-refractivity contribution in [3.63, 3.8) is 0 Å². The average Bonchev–Trinajstić information content (AvgIpc) is 2.79. The lowest BCUT2D eigenvalue weighted by atomic mass is 9.85. The van der Waals surface area contributed by atoms with Crippen molar-refractivity contribution in [2.24, 2.45) is 11.3 Å². The molecular formula is C18H25N5O3. The molecule has 1 atom stereocenters. The van der Waals surface area contributed by atoms with E-state index < -0.39 is 5.41 Å². The van der Waals surface area contributed by atoms with Crippen LogP contribution in [0.25, 0.3) is 0 Å². The number of aromatic nitrogens is 2. The third-order valence-corrected chi connectivity index (χ3v) is 5.09. The summed E-state index contributed by atoms with van der Waals surface area (Å²) < 4.78 is 0. The Kier molecular flexibility index (Phi) is 4.93. The second-order valence-corrected chi connectivity index (χ2v) is 7.66. The predicted octanol–water partition coefficient (Wildman–Crippen LogP) is 0.266. The molecule has 8 heteroatoms. The quantitative estimate of drug-likeness (QED) is 0.756. The van der Waals surface area contributed by atoms with Gasteiger partial charge in [0.25, 0.3) is 5.91 Å². The molecule has 1 aromatic heterocycles. The van der Waals surface area contributed by atoms with E-state index in [9.17, 15) is 14.4 Å². The van der Waals surface area contributed by atoms with E-state index in [-0.39, 0.29) is 29.3 Å². The van der Waals surface area contributed by atoms with Crippen LogP contribution in [0.4, 0.5) is 0 Å². The maximum absolute atomic E-state index is 12.9. The largest absolute Gasteiger partial charge is 0.345 e. The van der Waals surface area contributed by atoms with E-state index in [2.05, 4.69) is 9.97 Å². The fraction of sp³-hybridized carbons (Fsp3) is 0.611. The fourth-order valence-electron chi connectivity index (χ4n) is 3.87. The number of likely N-dealkylation sites (tertiary alicyclic amines) is 1. The Labute approximate surface area is 153 Å². The summed E-state index contributed by atoms with van der Waals surface area (Å²) in [7, 11) is 1.77. The first-order valence-corrected chi connectivity index (χ1v) is 8.89. The zero-order chi connectivity index (χ0) is 18.9.